The molecule has 0 amide bonds. The van der Waals surface area contributed by atoms with Crippen LogP contribution in [0.1, 0.15) is 4.88 Å². The molecule has 0 unspecified atom stereocenters. The number of anilines is 1. The van der Waals surface area contributed by atoms with Crippen LogP contribution < -0.4 is 4.90 Å². The molecule has 1 aromatic carbocycles. The third-order valence-electron chi connectivity index (χ3n) is 3.03. The van der Waals surface area contributed by atoms with Gasteiger partial charge in [-0.2, -0.15) is 0 Å². The molecule has 0 atom stereocenters. The number of hydrogen-bond donors (Lipinski definition) is 1. The van der Waals surface area contributed by atoms with Crippen LogP contribution in [-0.2, 0) is 6.54 Å². The molecule has 0 spiro atoms. The number of aromatic nitrogens is 3. The molecule has 2 aromatic heterocycles. The fraction of sp³-hybridized carbons (Fsp3) is 0.143. The van der Waals surface area contributed by atoms with E-state index in [1.807, 2.05) is 41.9 Å². The predicted octanol–water partition coefficient (Wildman–Crippen LogP) is 4.39. The largest absolute Gasteiger partial charge is 0.339 e. The average molecular weight is 381 g/mol. The molecular formula is C14H13BrN4S2. The van der Waals surface area contributed by atoms with E-state index in [9.17, 15) is 0 Å². The summed E-state index contributed by atoms with van der Waals surface area (Å²) in [4.78, 5) is 3.34. The van der Waals surface area contributed by atoms with Crippen LogP contribution in [0.25, 0.3) is 5.69 Å². The maximum Gasteiger partial charge on any atom is 0.230 e. The lowest BCUT2D eigenvalue weighted by Gasteiger charge is -2.18. The fourth-order valence-electron chi connectivity index (χ4n) is 2.10. The van der Waals surface area contributed by atoms with Crippen LogP contribution in [0.4, 0.5) is 5.95 Å². The summed E-state index contributed by atoms with van der Waals surface area (Å²) in [6.45, 7) is 0.780. The van der Waals surface area contributed by atoms with Crippen molar-refractivity contribution in [2.24, 2.45) is 0 Å². The maximum atomic E-state index is 5.36. The Labute approximate surface area is 140 Å². The van der Waals surface area contributed by atoms with Crippen molar-refractivity contribution in [2.75, 3.05) is 11.9 Å². The Morgan fingerprint density at radius 3 is 2.81 bits per heavy atom. The Balaban J connectivity index is 1.94. The summed E-state index contributed by atoms with van der Waals surface area (Å²) in [5, 5.41) is 9.32. The zero-order valence-corrected chi connectivity index (χ0v) is 14.5. The van der Waals surface area contributed by atoms with E-state index in [1.165, 1.54) is 4.88 Å². The topological polar surface area (TPSA) is 36.9 Å². The number of thiophene rings is 1. The summed E-state index contributed by atoms with van der Waals surface area (Å²) < 4.78 is 3.64. The van der Waals surface area contributed by atoms with Gasteiger partial charge in [0.05, 0.1) is 12.2 Å². The number of aromatic amines is 1. The van der Waals surface area contributed by atoms with Gasteiger partial charge < -0.3 is 4.90 Å². The molecule has 0 radical (unpaired) electrons. The highest BCUT2D eigenvalue weighted by Gasteiger charge is 2.13. The van der Waals surface area contributed by atoms with Crippen molar-refractivity contribution in [3.05, 3.63) is 55.9 Å². The predicted molar refractivity (Wildman–Crippen MR) is 92.9 cm³/mol. The Morgan fingerprint density at radius 2 is 2.14 bits per heavy atom. The van der Waals surface area contributed by atoms with Crippen molar-refractivity contribution in [1.29, 1.82) is 0 Å². The van der Waals surface area contributed by atoms with Gasteiger partial charge in [0.2, 0.25) is 10.7 Å². The van der Waals surface area contributed by atoms with Crippen molar-refractivity contribution >= 4 is 45.4 Å². The molecule has 21 heavy (non-hydrogen) atoms. The summed E-state index contributed by atoms with van der Waals surface area (Å²) in [6.07, 6.45) is 0. The van der Waals surface area contributed by atoms with Crippen LogP contribution in [0.3, 0.4) is 0 Å². The van der Waals surface area contributed by atoms with Crippen LogP contribution in [0.15, 0.2) is 46.3 Å². The molecule has 3 rings (SSSR count). The Kier molecular flexibility index (Phi) is 4.23. The van der Waals surface area contributed by atoms with Crippen LogP contribution in [0, 0.1) is 4.77 Å². The summed E-state index contributed by atoms with van der Waals surface area (Å²) in [5.74, 6) is 0.802. The molecule has 0 bridgehead atoms. The summed E-state index contributed by atoms with van der Waals surface area (Å²) in [7, 11) is 2.01. The lowest BCUT2D eigenvalue weighted by atomic mass is 10.3. The van der Waals surface area contributed by atoms with Gasteiger partial charge in [0.1, 0.15) is 0 Å². The summed E-state index contributed by atoms with van der Waals surface area (Å²) in [5.41, 5.74) is 1.01. The molecule has 0 fully saturated rings. The second-order valence-electron chi connectivity index (χ2n) is 4.59. The SMILES string of the molecule is CN(Cc1cc(Br)cs1)c1n[nH]c(=S)n1-c1ccccc1. The first-order valence-corrected chi connectivity index (χ1v) is 8.40. The molecule has 0 saturated heterocycles. The van der Waals surface area contributed by atoms with Gasteiger partial charge in [-0.15, -0.1) is 16.4 Å². The first kappa shape index (κ1) is 14.5. The standard InChI is InChI=1S/C14H13BrN4S2/c1-18(8-12-7-10(15)9-21-12)13-16-17-14(20)19(13)11-5-3-2-4-6-11/h2-7,9H,8H2,1H3,(H,17,20). The smallest absolute Gasteiger partial charge is 0.230 e. The molecule has 108 valence electrons. The van der Waals surface area contributed by atoms with Gasteiger partial charge in [-0.25, -0.2) is 5.10 Å². The molecule has 1 N–H and O–H groups in total. The monoisotopic (exact) mass is 380 g/mol. The molecule has 0 aliphatic rings. The van der Waals surface area contributed by atoms with E-state index >= 15 is 0 Å². The van der Waals surface area contributed by atoms with E-state index in [0.717, 1.165) is 22.7 Å². The third kappa shape index (κ3) is 3.09. The Morgan fingerprint density at radius 1 is 1.38 bits per heavy atom. The molecule has 3 aromatic rings. The van der Waals surface area contributed by atoms with Gasteiger partial charge in [0.25, 0.3) is 0 Å². The second-order valence-corrected chi connectivity index (χ2v) is 6.89. The zero-order chi connectivity index (χ0) is 14.8. The normalized spacial score (nSPS) is 10.8. The van der Waals surface area contributed by atoms with Crippen molar-refractivity contribution < 1.29 is 0 Å². The van der Waals surface area contributed by atoms with E-state index in [4.69, 9.17) is 12.2 Å². The second kappa shape index (κ2) is 6.13. The van der Waals surface area contributed by atoms with Gasteiger partial charge in [0.15, 0.2) is 0 Å². The zero-order valence-electron chi connectivity index (χ0n) is 11.3. The highest BCUT2D eigenvalue weighted by Crippen LogP contribution is 2.23. The van der Waals surface area contributed by atoms with Crippen LogP contribution in [0.5, 0.6) is 0 Å². The average Bonchev–Trinajstić information content (AvgIpc) is 3.06. The van der Waals surface area contributed by atoms with E-state index in [2.05, 4.69) is 42.5 Å². The molecule has 0 aliphatic heterocycles. The highest BCUT2D eigenvalue weighted by molar-refractivity contribution is 9.10. The van der Waals surface area contributed by atoms with Gasteiger partial charge in [-0.1, -0.05) is 18.2 Å². The minimum absolute atomic E-state index is 0.593. The Bertz CT molecular complexity index is 791. The molecule has 0 saturated carbocycles. The minimum Gasteiger partial charge on any atom is -0.339 e. The van der Waals surface area contributed by atoms with Gasteiger partial charge in [-0.3, -0.25) is 4.57 Å². The number of rotatable bonds is 4. The number of nitrogens with one attached hydrogen (secondary N) is 1. The molecule has 0 aliphatic carbocycles. The molecule has 7 heteroatoms. The lowest BCUT2D eigenvalue weighted by Crippen LogP contribution is -2.20. The lowest BCUT2D eigenvalue weighted by molar-refractivity contribution is 0.852. The number of nitrogens with zero attached hydrogens (tertiary/aromatic N) is 3. The van der Waals surface area contributed by atoms with Crippen molar-refractivity contribution in [2.45, 2.75) is 6.54 Å². The quantitative estimate of drug-likeness (QED) is 0.681. The van der Waals surface area contributed by atoms with Crippen LogP contribution in [0.2, 0.25) is 0 Å². The molecule has 4 nitrogen and oxygen atoms in total. The third-order valence-corrected chi connectivity index (χ3v) is 4.98. The summed E-state index contributed by atoms with van der Waals surface area (Å²) in [6, 6.07) is 12.1. The number of benzene rings is 1. The molecular weight excluding hydrogens is 368 g/mol. The van der Waals surface area contributed by atoms with Crippen molar-refractivity contribution in [1.82, 2.24) is 14.8 Å². The van der Waals surface area contributed by atoms with E-state index in [-0.39, 0.29) is 0 Å². The van der Waals surface area contributed by atoms with E-state index in [0.29, 0.717) is 4.77 Å². The number of hydrogen-bond acceptors (Lipinski definition) is 4. The number of H-pyrrole nitrogens is 1. The minimum atomic E-state index is 0.593. The van der Waals surface area contributed by atoms with Crippen molar-refractivity contribution in [3.8, 4) is 5.69 Å². The molecule has 2 heterocycles. The maximum absolute atomic E-state index is 5.36. The van der Waals surface area contributed by atoms with E-state index in [1.54, 1.807) is 11.3 Å². The fourth-order valence-corrected chi connectivity index (χ4v) is 3.83. The van der Waals surface area contributed by atoms with Crippen LogP contribution >= 0.6 is 39.5 Å². The highest BCUT2D eigenvalue weighted by atomic mass is 79.9. The Hall–Kier alpha value is -1.44. The van der Waals surface area contributed by atoms with Gasteiger partial charge >= 0.3 is 0 Å². The number of para-hydroxylation sites is 1. The number of halogens is 1. The van der Waals surface area contributed by atoms with E-state index < -0.39 is 0 Å². The summed E-state index contributed by atoms with van der Waals surface area (Å²) >= 11 is 10.6. The van der Waals surface area contributed by atoms with Gasteiger partial charge in [0, 0.05) is 21.8 Å². The van der Waals surface area contributed by atoms with Crippen LogP contribution in [-0.4, -0.2) is 21.8 Å². The van der Waals surface area contributed by atoms with Gasteiger partial charge in [-0.05, 0) is 46.3 Å². The van der Waals surface area contributed by atoms with Crippen molar-refractivity contribution in [3.63, 3.8) is 0 Å². The first-order chi connectivity index (χ1) is 10.1. The first-order valence-electron chi connectivity index (χ1n) is 6.32.